The predicted octanol–water partition coefficient (Wildman–Crippen LogP) is 3.75. The van der Waals surface area contributed by atoms with E-state index in [1.165, 1.54) is 0 Å². The molecule has 0 unspecified atom stereocenters. The summed E-state index contributed by atoms with van der Waals surface area (Å²) in [6.07, 6.45) is 5.23. The number of benzene rings is 1. The van der Waals surface area contributed by atoms with E-state index in [0.29, 0.717) is 5.69 Å². The topological polar surface area (TPSA) is 96.3 Å². The molecule has 0 aliphatic carbocycles. The number of fused-ring (bicyclic) bond motifs is 2. The minimum Gasteiger partial charge on any atom is -0.397 e. The molecular weight excluding hydrogens is 312 g/mol. The van der Waals surface area contributed by atoms with Crippen molar-refractivity contribution in [2.75, 3.05) is 5.73 Å². The largest absolute Gasteiger partial charge is 0.397 e. The Morgan fingerprint density at radius 3 is 2.80 bits per heavy atom. The van der Waals surface area contributed by atoms with Gasteiger partial charge in [0.25, 0.3) is 0 Å². The molecule has 4 aromatic heterocycles. The highest BCUT2D eigenvalue weighted by Gasteiger charge is 2.12. The summed E-state index contributed by atoms with van der Waals surface area (Å²) >= 11 is 0. The highest BCUT2D eigenvalue weighted by molar-refractivity contribution is 5.97. The van der Waals surface area contributed by atoms with Crippen molar-refractivity contribution in [3.63, 3.8) is 0 Å². The van der Waals surface area contributed by atoms with Gasteiger partial charge in [-0.15, -0.1) is 0 Å². The minimum atomic E-state index is 0.645. The van der Waals surface area contributed by atoms with Crippen molar-refractivity contribution < 1.29 is 0 Å². The lowest BCUT2D eigenvalue weighted by molar-refractivity contribution is 1.12. The van der Waals surface area contributed by atoms with Crippen molar-refractivity contribution in [3.05, 3.63) is 61.1 Å². The van der Waals surface area contributed by atoms with E-state index in [0.717, 1.165) is 44.5 Å². The number of nitrogens with two attached hydrogens (primary N) is 1. The number of aromatic amines is 2. The Balaban J connectivity index is 1.70. The van der Waals surface area contributed by atoms with E-state index in [9.17, 15) is 0 Å². The second-order valence-corrected chi connectivity index (χ2v) is 5.96. The SMILES string of the molecule is Nc1cncc(-c2ccc3[nH]nc(-c4cc5cccnc5[nH]4)c3c2)c1. The summed E-state index contributed by atoms with van der Waals surface area (Å²) in [6, 6.07) is 14.1. The van der Waals surface area contributed by atoms with Crippen LogP contribution in [0, 0.1) is 0 Å². The van der Waals surface area contributed by atoms with Crippen LogP contribution in [0.1, 0.15) is 0 Å². The third-order valence-corrected chi connectivity index (χ3v) is 4.30. The lowest BCUT2D eigenvalue weighted by Crippen LogP contribution is -1.87. The van der Waals surface area contributed by atoms with Gasteiger partial charge in [0.05, 0.1) is 16.9 Å². The van der Waals surface area contributed by atoms with Crippen molar-refractivity contribution in [1.82, 2.24) is 25.1 Å². The Hall–Kier alpha value is -3.67. The Kier molecular flexibility index (Phi) is 2.84. The predicted molar refractivity (Wildman–Crippen MR) is 98.8 cm³/mol. The van der Waals surface area contributed by atoms with Crippen molar-refractivity contribution in [1.29, 1.82) is 0 Å². The molecule has 0 radical (unpaired) electrons. The van der Waals surface area contributed by atoms with Crippen molar-refractivity contribution in [2.45, 2.75) is 0 Å². The molecule has 0 spiro atoms. The number of aromatic nitrogens is 5. The molecule has 5 aromatic rings. The van der Waals surface area contributed by atoms with Gasteiger partial charge in [0.2, 0.25) is 0 Å². The summed E-state index contributed by atoms with van der Waals surface area (Å²) in [5, 5.41) is 9.67. The normalized spacial score (nSPS) is 11.4. The number of nitrogens with zero attached hydrogens (tertiary/aromatic N) is 3. The number of pyridine rings is 2. The average Bonchev–Trinajstić information content (AvgIpc) is 3.24. The molecule has 0 aliphatic rings. The van der Waals surface area contributed by atoms with Crippen LogP contribution in [-0.4, -0.2) is 25.1 Å². The van der Waals surface area contributed by atoms with Gasteiger partial charge in [0.1, 0.15) is 11.3 Å². The molecule has 0 bridgehead atoms. The number of rotatable bonds is 2. The summed E-state index contributed by atoms with van der Waals surface area (Å²) < 4.78 is 0. The first-order valence-electron chi connectivity index (χ1n) is 7.91. The second-order valence-electron chi connectivity index (χ2n) is 5.96. The molecule has 120 valence electrons. The summed E-state index contributed by atoms with van der Waals surface area (Å²) in [7, 11) is 0. The lowest BCUT2D eigenvalue weighted by atomic mass is 10.0. The molecule has 1 aromatic carbocycles. The van der Waals surface area contributed by atoms with Gasteiger partial charge in [0, 0.05) is 34.9 Å². The smallest absolute Gasteiger partial charge is 0.137 e. The Bertz CT molecular complexity index is 1180. The molecule has 0 saturated heterocycles. The van der Waals surface area contributed by atoms with Crippen molar-refractivity contribution in [3.8, 4) is 22.5 Å². The van der Waals surface area contributed by atoms with Gasteiger partial charge in [0.15, 0.2) is 0 Å². The summed E-state index contributed by atoms with van der Waals surface area (Å²) in [5.74, 6) is 0. The second kappa shape index (κ2) is 5.17. The molecule has 25 heavy (non-hydrogen) atoms. The number of nitrogen functional groups attached to an aromatic ring is 1. The van der Waals surface area contributed by atoms with E-state index in [4.69, 9.17) is 5.73 Å². The maximum Gasteiger partial charge on any atom is 0.137 e. The number of anilines is 1. The van der Waals surface area contributed by atoms with Crippen LogP contribution in [0.15, 0.2) is 61.1 Å². The first-order valence-corrected chi connectivity index (χ1v) is 7.91. The van der Waals surface area contributed by atoms with Gasteiger partial charge in [-0.3, -0.25) is 10.1 Å². The van der Waals surface area contributed by atoms with E-state index in [1.54, 1.807) is 12.4 Å². The van der Waals surface area contributed by atoms with Crippen LogP contribution >= 0.6 is 0 Å². The molecule has 4 N–H and O–H groups in total. The Morgan fingerprint density at radius 1 is 0.960 bits per heavy atom. The Labute approximate surface area is 142 Å². The molecule has 0 fully saturated rings. The van der Waals surface area contributed by atoms with Gasteiger partial charge in [-0.05, 0) is 42.0 Å². The van der Waals surface area contributed by atoms with Crippen LogP contribution in [0.2, 0.25) is 0 Å². The zero-order valence-electron chi connectivity index (χ0n) is 13.2. The van der Waals surface area contributed by atoms with Crippen LogP contribution in [0.4, 0.5) is 5.69 Å². The van der Waals surface area contributed by atoms with Crippen molar-refractivity contribution in [2.24, 2.45) is 0 Å². The van der Waals surface area contributed by atoms with Gasteiger partial charge in [-0.1, -0.05) is 6.07 Å². The van der Waals surface area contributed by atoms with Gasteiger partial charge in [-0.25, -0.2) is 4.98 Å². The Morgan fingerprint density at radius 2 is 1.92 bits per heavy atom. The fourth-order valence-electron chi connectivity index (χ4n) is 3.10. The highest BCUT2D eigenvalue weighted by atomic mass is 15.1. The van der Waals surface area contributed by atoms with Crippen LogP contribution in [0.5, 0.6) is 0 Å². The van der Waals surface area contributed by atoms with Gasteiger partial charge in [-0.2, -0.15) is 5.10 Å². The molecule has 5 rings (SSSR count). The maximum atomic E-state index is 5.86. The molecule has 0 amide bonds. The monoisotopic (exact) mass is 326 g/mol. The fraction of sp³-hybridized carbons (Fsp3) is 0. The molecule has 6 nitrogen and oxygen atoms in total. The number of hydrogen-bond acceptors (Lipinski definition) is 4. The molecule has 4 heterocycles. The molecule has 6 heteroatoms. The highest BCUT2D eigenvalue weighted by Crippen LogP contribution is 2.31. The van der Waals surface area contributed by atoms with Crippen molar-refractivity contribution >= 4 is 27.6 Å². The molecule has 0 saturated carbocycles. The standard InChI is InChI=1S/C19H14N6/c20-14-6-13(9-21-10-14)11-3-4-16-15(7-11)18(25-24-16)17-8-12-2-1-5-22-19(12)23-17/h1-10H,20H2,(H,22,23)(H,24,25). The van der Waals surface area contributed by atoms with Crippen LogP contribution in [-0.2, 0) is 0 Å². The van der Waals surface area contributed by atoms with E-state index < -0.39 is 0 Å². The minimum absolute atomic E-state index is 0.645. The van der Waals surface area contributed by atoms with Gasteiger partial charge < -0.3 is 10.7 Å². The maximum absolute atomic E-state index is 5.86. The van der Waals surface area contributed by atoms with Crippen LogP contribution in [0.3, 0.4) is 0 Å². The zero-order chi connectivity index (χ0) is 16.8. The van der Waals surface area contributed by atoms with Crippen LogP contribution in [0.25, 0.3) is 44.5 Å². The molecular formula is C19H14N6. The summed E-state index contributed by atoms with van der Waals surface area (Å²) in [5.41, 5.74) is 12.2. The van der Waals surface area contributed by atoms with E-state index in [2.05, 4.69) is 37.3 Å². The lowest BCUT2D eigenvalue weighted by Gasteiger charge is -2.03. The zero-order valence-corrected chi connectivity index (χ0v) is 13.2. The quantitative estimate of drug-likeness (QED) is 0.460. The van der Waals surface area contributed by atoms with Crippen LogP contribution < -0.4 is 5.73 Å². The first-order chi connectivity index (χ1) is 12.3. The number of nitrogens with one attached hydrogen (secondary N) is 2. The first kappa shape index (κ1) is 13.7. The van der Waals surface area contributed by atoms with Gasteiger partial charge >= 0.3 is 0 Å². The third-order valence-electron chi connectivity index (χ3n) is 4.30. The average molecular weight is 326 g/mol. The number of hydrogen-bond donors (Lipinski definition) is 3. The third kappa shape index (κ3) is 2.23. The summed E-state index contributed by atoms with van der Waals surface area (Å²) in [6.45, 7) is 0. The summed E-state index contributed by atoms with van der Waals surface area (Å²) in [4.78, 5) is 11.9. The molecule has 0 aliphatic heterocycles. The number of H-pyrrole nitrogens is 2. The van der Waals surface area contributed by atoms with E-state index in [-0.39, 0.29) is 0 Å². The molecule has 0 atom stereocenters. The fourth-order valence-corrected chi connectivity index (χ4v) is 3.10. The van der Waals surface area contributed by atoms with E-state index in [1.807, 2.05) is 36.5 Å². The van der Waals surface area contributed by atoms with E-state index >= 15 is 0 Å².